The standard InChI is InChI=1S/C8H17BrN2O2S/c1-10(2)14(12,13)11-5-3-8(7-9)4-6-11/h8H,3-7H2,1-2H3. The predicted molar refractivity (Wildman–Crippen MR) is 60.7 cm³/mol. The van der Waals surface area contributed by atoms with Crippen LogP contribution in [0.25, 0.3) is 0 Å². The van der Waals surface area contributed by atoms with Gasteiger partial charge < -0.3 is 0 Å². The van der Waals surface area contributed by atoms with Crippen molar-refractivity contribution in [1.29, 1.82) is 0 Å². The van der Waals surface area contributed by atoms with E-state index in [1.807, 2.05) is 0 Å². The van der Waals surface area contributed by atoms with Crippen molar-refractivity contribution in [2.45, 2.75) is 12.8 Å². The lowest BCUT2D eigenvalue weighted by molar-refractivity contribution is 0.278. The molecule has 1 aliphatic heterocycles. The van der Waals surface area contributed by atoms with Crippen LogP contribution in [-0.2, 0) is 10.2 Å². The Kier molecular flexibility index (Phi) is 4.36. The molecule has 0 aromatic heterocycles. The molecule has 14 heavy (non-hydrogen) atoms. The quantitative estimate of drug-likeness (QED) is 0.723. The van der Waals surface area contributed by atoms with Gasteiger partial charge in [-0.25, -0.2) is 0 Å². The summed E-state index contributed by atoms with van der Waals surface area (Å²) in [5.74, 6) is 0.628. The van der Waals surface area contributed by atoms with Crippen molar-refractivity contribution in [2.24, 2.45) is 5.92 Å². The van der Waals surface area contributed by atoms with Crippen LogP contribution in [0.15, 0.2) is 0 Å². The molecule has 6 heteroatoms. The normalized spacial score (nSPS) is 21.7. The van der Waals surface area contributed by atoms with Crippen LogP contribution in [0.5, 0.6) is 0 Å². The molecule has 0 unspecified atom stereocenters. The van der Waals surface area contributed by atoms with Gasteiger partial charge in [-0.1, -0.05) is 15.9 Å². The second-order valence-electron chi connectivity index (χ2n) is 3.79. The lowest BCUT2D eigenvalue weighted by Gasteiger charge is -2.31. The summed E-state index contributed by atoms with van der Waals surface area (Å²) in [5.41, 5.74) is 0. The fourth-order valence-corrected chi connectivity index (χ4v) is 3.31. The molecule has 0 radical (unpaired) electrons. The third-order valence-corrected chi connectivity index (χ3v) is 5.44. The summed E-state index contributed by atoms with van der Waals surface area (Å²) in [5, 5.41) is 0.975. The molecule has 0 saturated carbocycles. The smallest absolute Gasteiger partial charge is 0.195 e. The van der Waals surface area contributed by atoms with Crippen molar-refractivity contribution < 1.29 is 8.42 Å². The van der Waals surface area contributed by atoms with Crippen LogP contribution in [-0.4, -0.2) is 49.5 Å². The van der Waals surface area contributed by atoms with Crippen molar-refractivity contribution in [2.75, 3.05) is 32.5 Å². The second-order valence-corrected chi connectivity index (χ2v) is 6.58. The zero-order chi connectivity index (χ0) is 10.8. The summed E-state index contributed by atoms with van der Waals surface area (Å²) in [6, 6.07) is 0. The van der Waals surface area contributed by atoms with Crippen molar-refractivity contribution in [3.63, 3.8) is 0 Å². The largest absolute Gasteiger partial charge is 0.281 e. The number of nitrogens with zero attached hydrogens (tertiary/aromatic N) is 2. The molecular weight excluding hydrogens is 268 g/mol. The van der Waals surface area contributed by atoms with Crippen LogP contribution in [0.2, 0.25) is 0 Å². The van der Waals surface area contributed by atoms with E-state index in [1.54, 1.807) is 18.4 Å². The molecule has 1 saturated heterocycles. The highest BCUT2D eigenvalue weighted by Gasteiger charge is 2.28. The van der Waals surface area contributed by atoms with Crippen LogP contribution in [0.4, 0.5) is 0 Å². The first-order valence-corrected chi connectivity index (χ1v) is 7.24. The minimum atomic E-state index is -3.18. The van der Waals surface area contributed by atoms with E-state index in [-0.39, 0.29) is 0 Å². The van der Waals surface area contributed by atoms with Crippen LogP contribution in [0.3, 0.4) is 0 Å². The molecule has 0 atom stereocenters. The van der Waals surface area contributed by atoms with Gasteiger partial charge in [0, 0.05) is 32.5 Å². The van der Waals surface area contributed by atoms with Gasteiger partial charge in [-0.2, -0.15) is 17.0 Å². The molecule has 0 aromatic rings. The maximum absolute atomic E-state index is 11.7. The average molecular weight is 285 g/mol. The van der Waals surface area contributed by atoms with Crippen molar-refractivity contribution in [1.82, 2.24) is 8.61 Å². The minimum Gasteiger partial charge on any atom is -0.195 e. The number of halogens is 1. The van der Waals surface area contributed by atoms with Gasteiger partial charge in [-0.15, -0.1) is 0 Å². The first-order valence-electron chi connectivity index (χ1n) is 4.72. The van der Waals surface area contributed by atoms with Crippen molar-refractivity contribution >= 4 is 26.1 Å². The molecule has 0 N–H and O–H groups in total. The van der Waals surface area contributed by atoms with E-state index in [0.717, 1.165) is 18.2 Å². The van der Waals surface area contributed by atoms with E-state index < -0.39 is 10.2 Å². The summed E-state index contributed by atoms with van der Waals surface area (Å²) >= 11 is 3.43. The summed E-state index contributed by atoms with van der Waals surface area (Å²) in [4.78, 5) is 0. The summed E-state index contributed by atoms with van der Waals surface area (Å²) < 4.78 is 26.3. The zero-order valence-corrected chi connectivity index (χ0v) is 11.0. The Labute approximate surface area is 94.6 Å². The lowest BCUT2D eigenvalue weighted by atomic mass is 10.0. The fourth-order valence-electron chi connectivity index (χ4n) is 1.53. The Balaban J connectivity index is 2.58. The van der Waals surface area contributed by atoms with Crippen LogP contribution in [0.1, 0.15) is 12.8 Å². The van der Waals surface area contributed by atoms with E-state index in [0.29, 0.717) is 19.0 Å². The first-order chi connectivity index (χ1) is 6.48. The molecule has 1 heterocycles. The number of piperidine rings is 1. The van der Waals surface area contributed by atoms with Crippen molar-refractivity contribution in [3.8, 4) is 0 Å². The summed E-state index contributed by atoms with van der Waals surface area (Å²) in [7, 11) is -0.0296. The minimum absolute atomic E-state index is 0.628. The molecule has 0 aromatic carbocycles. The predicted octanol–water partition coefficient (Wildman–Crippen LogP) is 0.900. The summed E-state index contributed by atoms with van der Waals surface area (Å²) in [6.45, 7) is 1.30. The molecule has 4 nitrogen and oxygen atoms in total. The number of alkyl halides is 1. The number of hydrogen-bond donors (Lipinski definition) is 0. The third-order valence-electron chi connectivity index (χ3n) is 2.58. The Morgan fingerprint density at radius 2 is 1.86 bits per heavy atom. The van der Waals surface area contributed by atoms with Gasteiger partial charge in [-0.3, -0.25) is 0 Å². The van der Waals surface area contributed by atoms with Gasteiger partial charge in [0.1, 0.15) is 0 Å². The topological polar surface area (TPSA) is 40.6 Å². The van der Waals surface area contributed by atoms with E-state index >= 15 is 0 Å². The van der Waals surface area contributed by atoms with Gasteiger partial charge in [-0.05, 0) is 18.8 Å². The third kappa shape index (κ3) is 2.68. The van der Waals surface area contributed by atoms with Gasteiger partial charge in [0.15, 0.2) is 0 Å². The Hall–Kier alpha value is 0.350. The Morgan fingerprint density at radius 3 is 2.21 bits per heavy atom. The highest BCUT2D eigenvalue weighted by molar-refractivity contribution is 9.09. The number of hydrogen-bond acceptors (Lipinski definition) is 2. The molecule has 84 valence electrons. The summed E-state index contributed by atoms with van der Waals surface area (Å²) in [6.07, 6.45) is 1.91. The molecule has 0 aliphatic carbocycles. The molecule has 0 bridgehead atoms. The Bertz CT molecular complexity index is 271. The van der Waals surface area contributed by atoms with Gasteiger partial charge >= 0.3 is 0 Å². The van der Waals surface area contributed by atoms with Crippen LogP contribution in [0, 0.1) is 5.92 Å². The fraction of sp³-hybridized carbons (Fsp3) is 1.00. The monoisotopic (exact) mass is 284 g/mol. The molecule has 0 amide bonds. The molecule has 1 aliphatic rings. The van der Waals surface area contributed by atoms with Crippen LogP contribution >= 0.6 is 15.9 Å². The van der Waals surface area contributed by atoms with E-state index in [4.69, 9.17) is 0 Å². The van der Waals surface area contributed by atoms with E-state index in [1.165, 1.54) is 4.31 Å². The zero-order valence-electron chi connectivity index (χ0n) is 8.61. The highest BCUT2D eigenvalue weighted by Crippen LogP contribution is 2.21. The average Bonchev–Trinajstić information content (AvgIpc) is 2.17. The van der Waals surface area contributed by atoms with Crippen LogP contribution < -0.4 is 0 Å². The molecule has 0 spiro atoms. The van der Waals surface area contributed by atoms with Gasteiger partial charge in [0.25, 0.3) is 10.2 Å². The SMILES string of the molecule is CN(C)S(=O)(=O)N1CCC(CBr)CC1. The van der Waals surface area contributed by atoms with Gasteiger partial charge in [0.2, 0.25) is 0 Å². The highest BCUT2D eigenvalue weighted by atomic mass is 79.9. The lowest BCUT2D eigenvalue weighted by Crippen LogP contribution is -2.44. The Morgan fingerprint density at radius 1 is 1.36 bits per heavy atom. The molecule has 1 fully saturated rings. The van der Waals surface area contributed by atoms with Gasteiger partial charge in [0.05, 0.1) is 0 Å². The van der Waals surface area contributed by atoms with Crippen molar-refractivity contribution in [3.05, 3.63) is 0 Å². The maximum atomic E-state index is 11.7. The van der Waals surface area contributed by atoms with E-state index in [2.05, 4.69) is 15.9 Å². The second kappa shape index (κ2) is 4.92. The van der Waals surface area contributed by atoms with E-state index in [9.17, 15) is 8.42 Å². The first kappa shape index (κ1) is 12.4. The number of rotatable bonds is 3. The molecular formula is C8H17BrN2O2S. The maximum Gasteiger partial charge on any atom is 0.281 e. The molecule has 1 rings (SSSR count).